The zero-order valence-corrected chi connectivity index (χ0v) is 12.4. The maximum absolute atomic E-state index is 10.9. The highest BCUT2D eigenvalue weighted by Crippen LogP contribution is 2.24. The van der Waals surface area contributed by atoms with Crippen molar-refractivity contribution in [1.29, 1.82) is 0 Å². The standard InChI is InChI=1S/C12H12BrNO3S/c1-8-3-10-5-9(7-17-18(2,15)16)6-14-12(10)11(13)4-8/h3-6H,7H2,1-2H3. The Bertz CT molecular complexity index is 698. The van der Waals surface area contributed by atoms with Gasteiger partial charge in [-0.1, -0.05) is 0 Å². The first-order valence-corrected chi connectivity index (χ1v) is 7.85. The highest BCUT2D eigenvalue weighted by Gasteiger charge is 2.06. The molecule has 0 bridgehead atoms. The number of aromatic nitrogens is 1. The summed E-state index contributed by atoms with van der Waals surface area (Å²) in [7, 11) is -3.43. The van der Waals surface area contributed by atoms with Crippen molar-refractivity contribution in [3.8, 4) is 0 Å². The van der Waals surface area contributed by atoms with E-state index >= 15 is 0 Å². The molecule has 0 saturated heterocycles. The second-order valence-electron chi connectivity index (χ2n) is 4.13. The summed E-state index contributed by atoms with van der Waals surface area (Å²) < 4.78 is 27.5. The van der Waals surface area contributed by atoms with Crippen LogP contribution in [0.4, 0.5) is 0 Å². The number of nitrogens with zero attached hydrogens (tertiary/aromatic N) is 1. The zero-order chi connectivity index (χ0) is 13.3. The van der Waals surface area contributed by atoms with Crippen LogP contribution in [0.5, 0.6) is 0 Å². The van der Waals surface area contributed by atoms with Crippen molar-refractivity contribution >= 4 is 37.0 Å². The minimum absolute atomic E-state index is 0.00728. The van der Waals surface area contributed by atoms with E-state index in [4.69, 9.17) is 4.18 Å². The first kappa shape index (κ1) is 13.5. The molecule has 96 valence electrons. The summed E-state index contributed by atoms with van der Waals surface area (Å²) in [6.45, 7) is 2.00. The van der Waals surface area contributed by atoms with Crippen LogP contribution in [-0.2, 0) is 20.9 Å². The quantitative estimate of drug-likeness (QED) is 0.812. The first-order chi connectivity index (χ1) is 8.35. The van der Waals surface area contributed by atoms with Gasteiger partial charge in [0.1, 0.15) is 0 Å². The summed E-state index contributed by atoms with van der Waals surface area (Å²) in [6.07, 6.45) is 2.65. The van der Waals surface area contributed by atoms with Crippen LogP contribution in [0.25, 0.3) is 10.9 Å². The molecule has 2 rings (SSSR count). The third-order valence-electron chi connectivity index (χ3n) is 2.38. The van der Waals surface area contributed by atoms with Gasteiger partial charge in [-0.25, -0.2) is 0 Å². The molecule has 0 N–H and O–H groups in total. The number of aryl methyl sites for hydroxylation is 1. The Labute approximate surface area is 114 Å². The lowest BCUT2D eigenvalue weighted by Gasteiger charge is -2.05. The molecule has 1 aromatic carbocycles. The van der Waals surface area contributed by atoms with Crippen molar-refractivity contribution < 1.29 is 12.6 Å². The van der Waals surface area contributed by atoms with E-state index in [9.17, 15) is 8.42 Å². The molecule has 0 unspecified atom stereocenters. The van der Waals surface area contributed by atoms with Gasteiger partial charge in [-0.2, -0.15) is 8.42 Å². The Balaban J connectivity index is 2.38. The Morgan fingerprint density at radius 3 is 2.72 bits per heavy atom. The Kier molecular flexibility index (Phi) is 3.70. The minimum atomic E-state index is -3.43. The summed E-state index contributed by atoms with van der Waals surface area (Å²) >= 11 is 3.45. The molecule has 0 aliphatic heterocycles. The molecule has 4 nitrogen and oxygen atoms in total. The predicted molar refractivity (Wildman–Crippen MR) is 73.8 cm³/mol. The summed E-state index contributed by atoms with van der Waals surface area (Å²) in [6, 6.07) is 5.87. The number of pyridine rings is 1. The van der Waals surface area contributed by atoms with Gasteiger partial charge < -0.3 is 0 Å². The van der Waals surface area contributed by atoms with Crippen LogP contribution < -0.4 is 0 Å². The molecule has 0 aliphatic carbocycles. The molecule has 2 aromatic rings. The number of hydrogen-bond acceptors (Lipinski definition) is 4. The van der Waals surface area contributed by atoms with Crippen LogP contribution >= 0.6 is 15.9 Å². The maximum atomic E-state index is 10.9. The van der Waals surface area contributed by atoms with Gasteiger partial charge in [-0.3, -0.25) is 9.17 Å². The lowest BCUT2D eigenvalue weighted by Crippen LogP contribution is -2.03. The molecule has 0 saturated carbocycles. The van der Waals surface area contributed by atoms with Gasteiger partial charge in [0.15, 0.2) is 0 Å². The van der Waals surface area contributed by atoms with Crippen molar-refractivity contribution in [1.82, 2.24) is 4.98 Å². The fourth-order valence-electron chi connectivity index (χ4n) is 1.65. The third-order valence-corrected chi connectivity index (χ3v) is 3.53. The van der Waals surface area contributed by atoms with E-state index in [2.05, 4.69) is 20.9 Å². The second kappa shape index (κ2) is 4.95. The zero-order valence-electron chi connectivity index (χ0n) is 9.97. The summed E-state index contributed by atoms with van der Waals surface area (Å²) in [5.74, 6) is 0. The molecule has 1 heterocycles. The van der Waals surface area contributed by atoms with Crippen LogP contribution in [0.15, 0.2) is 28.9 Å². The molecule has 0 spiro atoms. The van der Waals surface area contributed by atoms with Gasteiger partial charge in [-0.05, 0) is 52.2 Å². The van der Waals surface area contributed by atoms with Crippen LogP contribution in [0, 0.1) is 6.92 Å². The van der Waals surface area contributed by atoms with Crippen LogP contribution in [0.1, 0.15) is 11.1 Å². The molecule has 0 amide bonds. The van der Waals surface area contributed by atoms with E-state index in [0.29, 0.717) is 0 Å². The lowest BCUT2D eigenvalue weighted by atomic mass is 10.1. The van der Waals surface area contributed by atoms with Gasteiger partial charge in [0.05, 0.1) is 18.4 Å². The molecular formula is C12H12BrNO3S. The smallest absolute Gasteiger partial charge is 0.264 e. The average Bonchev–Trinajstić information content (AvgIpc) is 2.24. The third kappa shape index (κ3) is 3.28. The Morgan fingerprint density at radius 1 is 1.33 bits per heavy atom. The van der Waals surface area contributed by atoms with Crippen LogP contribution in [0.2, 0.25) is 0 Å². The molecule has 0 radical (unpaired) electrons. The number of benzene rings is 1. The Hall–Kier alpha value is -0.980. The van der Waals surface area contributed by atoms with Gasteiger partial charge in [0.2, 0.25) is 0 Å². The van der Waals surface area contributed by atoms with Crippen LogP contribution in [0.3, 0.4) is 0 Å². The Morgan fingerprint density at radius 2 is 2.06 bits per heavy atom. The monoisotopic (exact) mass is 329 g/mol. The molecule has 0 aliphatic rings. The highest BCUT2D eigenvalue weighted by atomic mass is 79.9. The second-order valence-corrected chi connectivity index (χ2v) is 6.63. The molecule has 18 heavy (non-hydrogen) atoms. The van der Waals surface area contributed by atoms with Crippen LogP contribution in [-0.4, -0.2) is 19.7 Å². The van der Waals surface area contributed by atoms with E-state index in [1.165, 1.54) is 0 Å². The highest BCUT2D eigenvalue weighted by molar-refractivity contribution is 9.10. The summed E-state index contributed by atoms with van der Waals surface area (Å²) in [5.41, 5.74) is 2.69. The minimum Gasteiger partial charge on any atom is -0.265 e. The van der Waals surface area contributed by atoms with Gasteiger partial charge in [-0.15, -0.1) is 0 Å². The normalized spacial score (nSPS) is 11.9. The van der Waals surface area contributed by atoms with Crippen molar-refractivity contribution in [3.05, 3.63) is 40.0 Å². The average molecular weight is 330 g/mol. The molecule has 1 aromatic heterocycles. The van der Waals surface area contributed by atoms with E-state index in [-0.39, 0.29) is 6.61 Å². The molecule has 0 atom stereocenters. The predicted octanol–water partition coefficient (Wildman–Crippen LogP) is 2.78. The molecular weight excluding hydrogens is 318 g/mol. The number of halogens is 1. The van der Waals surface area contributed by atoms with Crippen molar-refractivity contribution in [2.75, 3.05) is 6.26 Å². The van der Waals surface area contributed by atoms with E-state index in [0.717, 1.165) is 32.8 Å². The topological polar surface area (TPSA) is 56.3 Å². The summed E-state index contributed by atoms with van der Waals surface area (Å²) in [5, 5.41) is 0.955. The van der Waals surface area contributed by atoms with E-state index in [1.807, 2.05) is 25.1 Å². The fraction of sp³-hybridized carbons (Fsp3) is 0.250. The molecule has 6 heteroatoms. The summed E-state index contributed by atoms with van der Waals surface area (Å²) in [4.78, 5) is 4.30. The SMILES string of the molecule is Cc1cc(Br)c2ncc(COS(C)(=O)=O)cc2c1. The van der Waals surface area contributed by atoms with Crippen molar-refractivity contribution in [2.45, 2.75) is 13.5 Å². The first-order valence-electron chi connectivity index (χ1n) is 5.24. The fourth-order valence-corrected chi connectivity index (χ4v) is 2.69. The van der Waals surface area contributed by atoms with Gasteiger partial charge in [0, 0.05) is 16.1 Å². The van der Waals surface area contributed by atoms with E-state index < -0.39 is 10.1 Å². The van der Waals surface area contributed by atoms with Crippen molar-refractivity contribution in [3.63, 3.8) is 0 Å². The van der Waals surface area contributed by atoms with Crippen molar-refractivity contribution in [2.24, 2.45) is 0 Å². The number of rotatable bonds is 3. The number of fused-ring (bicyclic) bond motifs is 1. The van der Waals surface area contributed by atoms with Gasteiger partial charge >= 0.3 is 0 Å². The lowest BCUT2D eigenvalue weighted by molar-refractivity contribution is 0.311. The van der Waals surface area contributed by atoms with Gasteiger partial charge in [0.25, 0.3) is 10.1 Å². The maximum Gasteiger partial charge on any atom is 0.264 e. The number of hydrogen-bond donors (Lipinski definition) is 0. The molecule has 0 fully saturated rings. The van der Waals surface area contributed by atoms with E-state index in [1.54, 1.807) is 6.20 Å². The largest absolute Gasteiger partial charge is 0.265 e.